The Morgan fingerprint density at radius 1 is 1.36 bits per heavy atom. The largest absolute Gasteiger partial charge is 0.341 e. The molecule has 1 aliphatic carbocycles. The highest BCUT2D eigenvalue weighted by Crippen LogP contribution is 2.22. The van der Waals surface area contributed by atoms with Crippen molar-refractivity contribution in [2.45, 2.75) is 26.3 Å². The van der Waals surface area contributed by atoms with E-state index < -0.39 is 0 Å². The van der Waals surface area contributed by atoms with E-state index in [2.05, 4.69) is 35.0 Å². The minimum Gasteiger partial charge on any atom is -0.341 e. The van der Waals surface area contributed by atoms with E-state index in [4.69, 9.17) is 0 Å². The Morgan fingerprint density at radius 3 is 3.05 bits per heavy atom. The Kier molecular flexibility index (Phi) is 5.05. The summed E-state index contributed by atoms with van der Waals surface area (Å²) in [4.78, 5) is 21.6. The zero-order valence-electron chi connectivity index (χ0n) is 13.1. The lowest BCUT2D eigenvalue weighted by Gasteiger charge is -2.26. The monoisotopic (exact) mass is 317 g/mol. The van der Waals surface area contributed by atoms with Crippen LogP contribution in [0.25, 0.3) is 0 Å². The van der Waals surface area contributed by atoms with Crippen molar-refractivity contribution in [2.75, 3.05) is 26.2 Å². The second kappa shape index (κ2) is 7.20. The van der Waals surface area contributed by atoms with Crippen LogP contribution in [0.4, 0.5) is 0 Å². The van der Waals surface area contributed by atoms with Crippen LogP contribution < -0.4 is 0 Å². The number of aromatic nitrogens is 1. The lowest BCUT2D eigenvalue weighted by atomic mass is 9.93. The van der Waals surface area contributed by atoms with E-state index in [-0.39, 0.29) is 11.8 Å². The number of rotatable bonds is 3. The number of amides is 1. The van der Waals surface area contributed by atoms with Gasteiger partial charge in [0.05, 0.1) is 12.5 Å². The molecular formula is C17H23N3OS. The number of allylic oxidation sites excluding steroid dienone is 2. The van der Waals surface area contributed by atoms with Gasteiger partial charge in [-0.15, -0.1) is 11.3 Å². The summed E-state index contributed by atoms with van der Waals surface area (Å²) in [5.74, 6) is 0.222. The van der Waals surface area contributed by atoms with Crippen LogP contribution >= 0.6 is 11.3 Å². The quantitative estimate of drug-likeness (QED) is 0.804. The van der Waals surface area contributed by atoms with E-state index in [9.17, 15) is 4.79 Å². The van der Waals surface area contributed by atoms with E-state index >= 15 is 0 Å². The second-order valence-corrected chi connectivity index (χ2v) is 6.95. The molecule has 0 bridgehead atoms. The molecule has 22 heavy (non-hydrogen) atoms. The van der Waals surface area contributed by atoms with Crippen molar-refractivity contribution >= 4 is 17.2 Å². The van der Waals surface area contributed by atoms with Gasteiger partial charge in [0.1, 0.15) is 5.01 Å². The van der Waals surface area contributed by atoms with E-state index in [1.807, 2.05) is 16.5 Å². The summed E-state index contributed by atoms with van der Waals surface area (Å²) in [7, 11) is 0. The van der Waals surface area contributed by atoms with Gasteiger partial charge in [-0.1, -0.05) is 23.8 Å². The van der Waals surface area contributed by atoms with Crippen LogP contribution in [0.2, 0.25) is 0 Å². The summed E-state index contributed by atoms with van der Waals surface area (Å²) in [6.45, 7) is 6.64. The summed E-state index contributed by atoms with van der Waals surface area (Å²) in [6.07, 6.45) is 10.2. The van der Waals surface area contributed by atoms with Crippen LogP contribution in [-0.4, -0.2) is 46.9 Å². The molecule has 1 saturated heterocycles. The predicted molar refractivity (Wildman–Crippen MR) is 89.6 cm³/mol. The van der Waals surface area contributed by atoms with Gasteiger partial charge < -0.3 is 4.90 Å². The van der Waals surface area contributed by atoms with Crippen molar-refractivity contribution in [3.63, 3.8) is 0 Å². The Labute approximate surface area is 136 Å². The van der Waals surface area contributed by atoms with E-state index in [0.29, 0.717) is 0 Å². The molecule has 2 heterocycles. The van der Waals surface area contributed by atoms with Gasteiger partial charge >= 0.3 is 0 Å². The van der Waals surface area contributed by atoms with Gasteiger partial charge in [0.15, 0.2) is 0 Å². The molecule has 1 aliphatic heterocycles. The standard InChI is InChI=1S/C17H23N3OS/c1-14-5-2-3-6-15(14)17(21)20-9-4-8-19(10-11-20)13-16-18-7-12-22-16/h3,5-7,12,15H,2,4,8-11,13H2,1H3. The van der Waals surface area contributed by atoms with Gasteiger partial charge in [0.25, 0.3) is 0 Å². The number of thiazole rings is 1. The van der Waals surface area contributed by atoms with Crippen LogP contribution in [0.15, 0.2) is 35.4 Å². The molecule has 0 radical (unpaired) electrons. The van der Waals surface area contributed by atoms with Gasteiger partial charge in [-0.25, -0.2) is 4.98 Å². The third kappa shape index (κ3) is 3.65. The summed E-state index contributed by atoms with van der Waals surface area (Å²) >= 11 is 1.70. The fraction of sp³-hybridized carbons (Fsp3) is 0.529. The van der Waals surface area contributed by atoms with Gasteiger partial charge in [-0.3, -0.25) is 9.69 Å². The molecule has 118 valence electrons. The molecule has 0 aromatic carbocycles. The van der Waals surface area contributed by atoms with Gasteiger partial charge in [0.2, 0.25) is 5.91 Å². The van der Waals surface area contributed by atoms with Crippen LogP contribution in [0.3, 0.4) is 0 Å². The number of carbonyl (C=O) groups excluding carboxylic acids is 1. The number of carbonyl (C=O) groups is 1. The van der Waals surface area contributed by atoms with Crippen molar-refractivity contribution in [3.8, 4) is 0 Å². The fourth-order valence-corrected chi connectivity index (χ4v) is 3.75. The van der Waals surface area contributed by atoms with Crippen LogP contribution in [0.1, 0.15) is 24.8 Å². The number of hydrogen-bond acceptors (Lipinski definition) is 4. The summed E-state index contributed by atoms with van der Waals surface area (Å²) in [5.41, 5.74) is 1.19. The smallest absolute Gasteiger partial charge is 0.233 e. The van der Waals surface area contributed by atoms with Gasteiger partial charge in [-0.2, -0.15) is 0 Å². The van der Waals surface area contributed by atoms with Crippen molar-refractivity contribution < 1.29 is 4.79 Å². The maximum absolute atomic E-state index is 12.7. The zero-order chi connectivity index (χ0) is 15.4. The topological polar surface area (TPSA) is 36.4 Å². The normalized spacial score (nSPS) is 23.2. The Morgan fingerprint density at radius 2 is 2.27 bits per heavy atom. The lowest BCUT2D eigenvalue weighted by Crippen LogP contribution is -2.39. The molecule has 0 spiro atoms. The molecule has 1 amide bonds. The van der Waals surface area contributed by atoms with E-state index in [1.54, 1.807) is 11.3 Å². The SMILES string of the molecule is CC1=CCC=CC1C(=O)N1CCCN(Cc2nccs2)CC1. The zero-order valence-corrected chi connectivity index (χ0v) is 13.9. The van der Waals surface area contributed by atoms with Gasteiger partial charge in [-0.05, 0) is 19.8 Å². The maximum Gasteiger partial charge on any atom is 0.233 e. The molecular weight excluding hydrogens is 294 g/mol. The molecule has 1 aromatic heterocycles. The van der Waals surface area contributed by atoms with Crippen molar-refractivity contribution in [1.29, 1.82) is 0 Å². The summed E-state index contributed by atoms with van der Waals surface area (Å²) < 4.78 is 0. The molecule has 5 heteroatoms. The number of hydrogen-bond donors (Lipinski definition) is 0. The summed E-state index contributed by atoms with van der Waals surface area (Å²) in [5, 5.41) is 3.18. The Bertz CT molecular complexity index is 564. The molecule has 4 nitrogen and oxygen atoms in total. The molecule has 1 unspecified atom stereocenters. The van der Waals surface area contributed by atoms with Crippen molar-refractivity contribution in [1.82, 2.24) is 14.8 Å². The molecule has 2 aliphatic rings. The van der Waals surface area contributed by atoms with Crippen molar-refractivity contribution in [3.05, 3.63) is 40.4 Å². The predicted octanol–water partition coefficient (Wildman–Crippen LogP) is 2.70. The Balaban J connectivity index is 1.58. The average Bonchev–Trinajstić information content (AvgIpc) is 2.92. The van der Waals surface area contributed by atoms with Crippen molar-refractivity contribution in [2.24, 2.45) is 5.92 Å². The maximum atomic E-state index is 12.7. The first-order chi connectivity index (χ1) is 10.7. The second-order valence-electron chi connectivity index (χ2n) is 5.97. The van der Waals surface area contributed by atoms with Crippen LogP contribution in [0.5, 0.6) is 0 Å². The Hall–Kier alpha value is -1.46. The van der Waals surface area contributed by atoms with Crippen LogP contribution in [-0.2, 0) is 11.3 Å². The minimum atomic E-state index is -0.0423. The molecule has 3 rings (SSSR count). The molecule has 0 saturated carbocycles. The number of nitrogens with zero attached hydrogens (tertiary/aromatic N) is 3. The molecule has 0 N–H and O–H groups in total. The molecule has 1 fully saturated rings. The van der Waals surface area contributed by atoms with E-state index in [0.717, 1.165) is 50.6 Å². The van der Waals surface area contributed by atoms with E-state index in [1.165, 1.54) is 5.57 Å². The highest BCUT2D eigenvalue weighted by molar-refractivity contribution is 7.09. The third-order valence-electron chi connectivity index (χ3n) is 4.40. The van der Waals surface area contributed by atoms with Crippen LogP contribution in [0, 0.1) is 5.92 Å². The first kappa shape index (κ1) is 15.4. The highest BCUT2D eigenvalue weighted by atomic mass is 32.1. The van der Waals surface area contributed by atoms with Gasteiger partial charge in [0, 0.05) is 37.8 Å². The first-order valence-electron chi connectivity index (χ1n) is 7.97. The molecule has 1 atom stereocenters. The third-order valence-corrected chi connectivity index (χ3v) is 5.17. The highest BCUT2D eigenvalue weighted by Gasteiger charge is 2.26. The summed E-state index contributed by atoms with van der Waals surface area (Å²) in [6, 6.07) is 0. The lowest BCUT2D eigenvalue weighted by molar-refractivity contribution is -0.132. The minimum absolute atomic E-state index is 0.0423. The fourth-order valence-electron chi connectivity index (χ4n) is 3.09. The molecule has 1 aromatic rings. The first-order valence-corrected chi connectivity index (χ1v) is 8.85. The average molecular weight is 317 g/mol.